The van der Waals surface area contributed by atoms with Gasteiger partial charge in [-0.3, -0.25) is 0 Å². The van der Waals surface area contributed by atoms with E-state index < -0.39 is 0 Å². The van der Waals surface area contributed by atoms with E-state index in [9.17, 15) is 4.39 Å². The van der Waals surface area contributed by atoms with Crippen molar-refractivity contribution in [3.63, 3.8) is 0 Å². The zero-order chi connectivity index (χ0) is 7.56. The minimum Gasteiger partial charge on any atom is -0.411 e. The Morgan fingerprint density at radius 3 is 2.45 bits per heavy atom. The highest BCUT2D eigenvalue weighted by Crippen LogP contribution is 2.19. The molecule has 1 aromatic carbocycles. The summed E-state index contributed by atoms with van der Waals surface area (Å²) in [6.07, 6.45) is 0. The van der Waals surface area contributed by atoms with Crippen molar-refractivity contribution in [1.29, 1.82) is 0 Å². The van der Waals surface area contributed by atoms with Crippen LogP contribution >= 0.6 is 28.3 Å². The highest BCUT2D eigenvalue weighted by Gasteiger charge is 1.97. The lowest BCUT2D eigenvalue weighted by atomic mass is 10.3. The Hall–Kier alpha value is -0.320. The number of hydrogen-bond donors (Lipinski definition) is 1. The fraction of sp³-hybridized carbons (Fsp3) is 0. The summed E-state index contributed by atoms with van der Waals surface area (Å²) in [5, 5.41) is 0. The van der Waals surface area contributed by atoms with Gasteiger partial charge in [-0.05, 0) is 12.1 Å². The van der Waals surface area contributed by atoms with E-state index in [0.29, 0.717) is 10.2 Å². The van der Waals surface area contributed by atoms with Crippen LogP contribution in [-0.4, -0.2) is 0 Å². The molecule has 5 heteroatoms. The van der Waals surface area contributed by atoms with Crippen molar-refractivity contribution in [2.45, 2.75) is 0 Å². The van der Waals surface area contributed by atoms with Gasteiger partial charge in [0.05, 0.1) is 0 Å². The van der Waals surface area contributed by atoms with Crippen molar-refractivity contribution in [3.05, 3.63) is 28.5 Å². The Morgan fingerprint density at radius 2 is 2.00 bits per heavy atom. The number of nitrogens with two attached hydrogens (primary N) is 1. The lowest BCUT2D eigenvalue weighted by Crippen LogP contribution is -2.01. The molecule has 0 saturated heterocycles. The van der Waals surface area contributed by atoms with Crippen LogP contribution in [0.2, 0.25) is 0 Å². The van der Waals surface area contributed by atoms with Crippen LogP contribution in [0.15, 0.2) is 22.7 Å². The van der Waals surface area contributed by atoms with Crippen LogP contribution in [0.4, 0.5) is 4.39 Å². The Kier molecular flexibility index (Phi) is 4.40. The fourth-order valence-electron chi connectivity index (χ4n) is 0.597. The molecule has 1 aromatic rings. The highest BCUT2D eigenvalue weighted by atomic mass is 79.9. The molecule has 11 heavy (non-hydrogen) atoms. The molecular weight excluding hydrogens is 236 g/mol. The second-order valence-electron chi connectivity index (χ2n) is 1.72. The van der Waals surface area contributed by atoms with Crippen molar-refractivity contribution in [3.8, 4) is 5.75 Å². The van der Waals surface area contributed by atoms with E-state index >= 15 is 0 Å². The molecule has 0 bridgehead atoms. The number of rotatable bonds is 1. The molecule has 0 fully saturated rings. The molecule has 0 spiro atoms. The molecule has 0 aromatic heterocycles. The molecule has 2 N–H and O–H groups in total. The molecule has 62 valence electrons. The smallest absolute Gasteiger partial charge is 0.150 e. The van der Waals surface area contributed by atoms with E-state index in [1.54, 1.807) is 6.07 Å². The average molecular weight is 242 g/mol. The van der Waals surface area contributed by atoms with E-state index in [2.05, 4.69) is 20.8 Å². The maximum atomic E-state index is 12.4. The van der Waals surface area contributed by atoms with Gasteiger partial charge in [0.2, 0.25) is 0 Å². The molecule has 0 atom stereocenters. The lowest BCUT2D eigenvalue weighted by Gasteiger charge is -1.97. The first kappa shape index (κ1) is 10.7. The monoisotopic (exact) mass is 241 g/mol. The number of halogens is 3. The van der Waals surface area contributed by atoms with Gasteiger partial charge in [0, 0.05) is 10.5 Å². The minimum atomic E-state index is -0.380. The summed E-state index contributed by atoms with van der Waals surface area (Å²) in [5.41, 5.74) is 0. The maximum absolute atomic E-state index is 12.4. The Morgan fingerprint density at radius 1 is 1.36 bits per heavy atom. The zero-order valence-corrected chi connectivity index (χ0v) is 7.78. The number of hydrogen-bond acceptors (Lipinski definition) is 2. The van der Waals surface area contributed by atoms with Gasteiger partial charge in [-0.2, -0.15) is 5.90 Å². The standard InChI is InChI=1S/C6H5BrFNO.ClH/c7-4-1-5(8)3-6(2-4)10-9;/h1-3H,9H2;1H. The topological polar surface area (TPSA) is 35.2 Å². The molecule has 0 aliphatic rings. The molecule has 0 amide bonds. The van der Waals surface area contributed by atoms with Gasteiger partial charge in [0.15, 0.2) is 5.75 Å². The Labute approximate surface area is 78.0 Å². The van der Waals surface area contributed by atoms with Crippen molar-refractivity contribution < 1.29 is 9.23 Å². The molecule has 0 aliphatic heterocycles. The molecule has 0 aliphatic carbocycles. The minimum absolute atomic E-state index is 0. The van der Waals surface area contributed by atoms with Crippen LogP contribution in [0.5, 0.6) is 5.75 Å². The SMILES string of the molecule is Cl.NOc1cc(F)cc(Br)c1. The number of benzene rings is 1. The normalized spacial score (nSPS) is 8.64. The van der Waals surface area contributed by atoms with Gasteiger partial charge in [0.25, 0.3) is 0 Å². The van der Waals surface area contributed by atoms with Gasteiger partial charge in [-0.25, -0.2) is 4.39 Å². The fourth-order valence-corrected chi connectivity index (χ4v) is 1.04. The molecular formula is C6H6BrClFNO. The Bertz CT molecular complexity index is 226. The second kappa shape index (κ2) is 4.54. The van der Waals surface area contributed by atoms with Crippen LogP contribution in [-0.2, 0) is 0 Å². The van der Waals surface area contributed by atoms with Gasteiger partial charge in [-0.15, -0.1) is 12.4 Å². The average Bonchev–Trinajstić information content (AvgIpc) is 1.85. The van der Waals surface area contributed by atoms with Crippen molar-refractivity contribution in [1.82, 2.24) is 0 Å². The lowest BCUT2D eigenvalue weighted by molar-refractivity contribution is 0.332. The molecule has 0 radical (unpaired) electrons. The van der Waals surface area contributed by atoms with E-state index in [4.69, 9.17) is 5.90 Å². The van der Waals surface area contributed by atoms with Gasteiger partial charge >= 0.3 is 0 Å². The third-order valence-electron chi connectivity index (χ3n) is 0.972. The quantitative estimate of drug-likeness (QED) is 0.767. The van der Waals surface area contributed by atoms with Crippen molar-refractivity contribution >= 4 is 28.3 Å². The zero-order valence-electron chi connectivity index (χ0n) is 5.38. The van der Waals surface area contributed by atoms with E-state index in [0.717, 1.165) is 0 Å². The molecule has 0 unspecified atom stereocenters. The first-order valence-electron chi connectivity index (χ1n) is 2.55. The molecule has 1 rings (SSSR count). The highest BCUT2D eigenvalue weighted by molar-refractivity contribution is 9.10. The predicted molar refractivity (Wildman–Crippen MR) is 46.2 cm³/mol. The molecule has 2 nitrogen and oxygen atoms in total. The van der Waals surface area contributed by atoms with Gasteiger partial charge in [-0.1, -0.05) is 15.9 Å². The van der Waals surface area contributed by atoms with Gasteiger partial charge in [0.1, 0.15) is 5.82 Å². The summed E-state index contributed by atoms with van der Waals surface area (Å²) in [6.45, 7) is 0. The van der Waals surface area contributed by atoms with Gasteiger partial charge < -0.3 is 4.84 Å². The molecule has 0 heterocycles. The summed E-state index contributed by atoms with van der Waals surface area (Å²) < 4.78 is 13.1. The van der Waals surface area contributed by atoms with Crippen LogP contribution in [0.25, 0.3) is 0 Å². The maximum Gasteiger partial charge on any atom is 0.150 e. The first-order chi connectivity index (χ1) is 4.72. The second-order valence-corrected chi connectivity index (χ2v) is 2.64. The summed E-state index contributed by atoms with van der Waals surface area (Å²) >= 11 is 3.08. The first-order valence-corrected chi connectivity index (χ1v) is 3.34. The van der Waals surface area contributed by atoms with E-state index in [1.807, 2.05) is 0 Å². The van der Waals surface area contributed by atoms with Crippen LogP contribution in [0, 0.1) is 5.82 Å². The van der Waals surface area contributed by atoms with Crippen LogP contribution < -0.4 is 10.7 Å². The summed E-state index contributed by atoms with van der Waals surface area (Å²) in [7, 11) is 0. The third kappa shape index (κ3) is 3.05. The molecule has 0 saturated carbocycles. The van der Waals surface area contributed by atoms with Crippen LogP contribution in [0.1, 0.15) is 0 Å². The largest absolute Gasteiger partial charge is 0.411 e. The predicted octanol–water partition coefficient (Wildman–Crippen LogP) is 2.26. The summed E-state index contributed by atoms with van der Waals surface area (Å²) in [5.74, 6) is 4.72. The summed E-state index contributed by atoms with van der Waals surface area (Å²) in [6, 6.07) is 4.09. The van der Waals surface area contributed by atoms with Crippen molar-refractivity contribution in [2.75, 3.05) is 0 Å². The van der Waals surface area contributed by atoms with Crippen molar-refractivity contribution in [2.24, 2.45) is 5.90 Å². The Balaban J connectivity index is 0.000001000. The van der Waals surface area contributed by atoms with E-state index in [-0.39, 0.29) is 18.2 Å². The van der Waals surface area contributed by atoms with Crippen LogP contribution in [0.3, 0.4) is 0 Å². The summed E-state index contributed by atoms with van der Waals surface area (Å²) in [4.78, 5) is 4.31. The van der Waals surface area contributed by atoms with E-state index in [1.165, 1.54) is 12.1 Å². The third-order valence-corrected chi connectivity index (χ3v) is 1.43.